The Labute approximate surface area is 102 Å². The number of amides is 3. The standard InChI is InChI=1S/C12H11FN2O3/c1-6-5-12(10(16)14-11(17)15-12)8-4-7(13)2-3-9(8)18-6/h2-4,6H,5H2,1H3,(H2,14,15,16,17)/t6-,12+/m0/s1. The Morgan fingerprint density at radius 1 is 1.44 bits per heavy atom. The molecule has 94 valence electrons. The summed E-state index contributed by atoms with van der Waals surface area (Å²) in [4.78, 5) is 23.4. The van der Waals surface area contributed by atoms with Gasteiger partial charge in [-0.1, -0.05) is 0 Å². The van der Waals surface area contributed by atoms with Gasteiger partial charge >= 0.3 is 6.03 Å². The fraction of sp³-hybridized carbons (Fsp3) is 0.333. The highest BCUT2D eigenvalue weighted by atomic mass is 19.1. The molecule has 6 heteroatoms. The van der Waals surface area contributed by atoms with Crippen LogP contribution in [0.3, 0.4) is 0 Å². The average molecular weight is 250 g/mol. The monoisotopic (exact) mass is 250 g/mol. The maximum absolute atomic E-state index is 13.4. The first-order valence-electron chi connectivity index (χ1n) is 5.61. The van der Waals surface area contributed by atoms with E-state index in [1.165, 1.54) is 18.2 Å². The molecule has 2 aliphatic rings. The number of hydrogen-bond acceptors (Lipinski definition) is 3. The molecule has 1 aromatic rings. The molecule has 2 heterocycles. The van der Waals surface area contributed by atoms with E-state index in [0.29, 0.717) is 11.3 Å². The lowest BCUT2D eigenvalue weighted by molar-refractivity contribution is -0.126. The van der Waals surface area contributed by atoms with Crippen LogP contribution in [0.5, 0.6) is 5.75 Å². The van der Waals surface area contributed by atoms with Gasteiger partial charge in [0.1, 0.15) is 11.6 Å². The van der Waals surface area contributed by atoms with Gasteiger partial charge in [-0.3, -0.25) is 10.1 Å². The van der Waals surface area contributed by atoms with Crippen LogP contribution in [-0.4, -0.2) is 18.0 Å². The van der Waals surface area contributed by atoms with Crippen molar-refractivity contribution in [2.24, 2.45) is 0 Å². The van der Waals surface area contributed by atoms with Crippen LogP contribution in [0.4, 0.5) is 9.18 Å². The van der Waals surface area contributed by atoms with E-state index in [0.717, 1.165) is 0 Å². The van der Waals surface area contributed by atoms with Crippen LogP contribution in [0, 0.1) is 5.82 Å². The van der Waals surface area contributed by atoms with Gasteiger partial charge in [0, 0.05) is 12.0 Å². The molecule has 1 saturated heterocycles. The molecule has 0 unspecified atom stereocenters. The smallest absolute Gasteiger partial charge is 0.322 e. The number of benzene rings is 1. The molecule has 3 amide bonds. The summed E-state index contributed by atoms with van der Waals surface area (Å²) in [6, 6.07) is 3.40. The zero-order chi connectivity index (χ0) is 12.9. The zero-order valence-corrected chi connectivity index (χ0v) is 9.62. The molecule has 2 aliphatic heterocycles. The maximum atomic E-state index is 13.4. The molecule has 0 aliphatic carbocycles. The minimum Gasteiger partial charge on any atom is -0.490 e. The molecule has 3 rings (SSSR count). The van der Waals surface area contributed by atoms with Gasteiger partial charge in [-0.2, -0.15) is 0 Å². The number of urea groups is 1. The summed E-state index contributed by atoms with van der Waals surface area (Å²) < 4.78 is 18.9. The SMILES string of the molecule is C[C@H]1C[C@@]2(NC(=O)NC2=O)c2cc(F)ccc2O1. The summed E-state index contributed by atoms with van der Waals surface area (Å²) in [5.41, 5.74) is -0.851. The number of fused-ring (bicyclic) bond motifs is 2. The van der Waals surface area contributed by atoms with Crippen molar-refractivity contribution in [2.75, 3.05) is 0 Å². The van der Waals surface area contributed by atoms with Gasteiger partial charge in [-0.15, -0.1) is 0 Å². The number of hydrogen-bond donors (Lipinski definition) is 2. The summed E-state index contributed by atoms with van der Waals surface area (Å²) in [6.45, 7) is 1.80. The van der Waals surface area contributed by atoms with E-state index in [1.54, 1.807) is 6.92 Å². The summed E-state index contributed by atoms with van der Waals surface area (Å²) in [5, 5.41) is 4.78. The summed E-state index contributed by atoms with van der Waals surface area (Å²) in [7, 11) is 0. The van der Waals surface area contributed by atoms with Gasteiger partial charge in [-0.25, -0.2) is 9.18 Å². The van der Waals surface area contributed by atoms with Crippen molar-refractivity contribution in [2.45, 2.75) is 25.0 Å². The predicted molar refractivity (Wildman–Crippen MR) is 59.5 cm³/mol. The second-order valence-electron chi connectivity index (χ2n) is 4.59. The van der Waals surface area contributed by atoms with E-state index < -0.39 is 23.3 Å². The van der Waals surface area contributed by atoms with Crippen LogP contribution in [-0.2, 0) is 10.3 Å². The number of imide groups is 1. The van der Waals surface area contributed by atoms with E-state index in [-0.39, 0.29) is 12.5 Å². The minimum absolute atomic E-state index is 0.243. The predicted octanol–water partition coefficient (Wildman–Crippen LogP) is 1.03. The Morgan fingerprint density at radius 2 is 2.22 bits per heavy atom. The molecule has 1 aromatic carbocycles. The first-order chi connectivity index (χ1) is 8.51. The Hall–Kier alpha value is -2.11. The van der Waals surface area contributed by atoms with Crippen molar-refractivity contribution in [1.29, 1.82) is 0 Å². The first-order valence-corrected chi connectivity index (χ1v) is 5.61. The van der Waals surface area contributed by atoms with Gasteiger partial charge < -0.3 is 10.1 Å². The highest BCUT2D eigenvalue weighted by Gasteiger charge is 2.52. The topological polar surface area (TPSA) is 67.4 Å². The zero-order valence-electron chi connectivity index (χ0n) is 9.62. The molecular weight excluding hydrogens is 239 g/mol. The van der Waals surface area contributed by atoms with Crippen molar-refractivity contribution in [3.8, 4) is 5.75 Å². The highest BCUT2D eigenvalue weighted by Crippen LogP contribution is 2.41. The summed E-state index contributed by atoms with van der Waals surface area (Å²) in [6.07, 6.45) is 0.0354. The van der Waals surface area contributed by atoms with Crippen molar-refractivity contribution in [3.63, 3.8) is 0 Å². The third-order valence-corrected chi connectivity index (χ3v) is 3.26. The number of carbonyl (C=O) groups excluding carboxylic acids is 2. The first kappa shape index (κ1) is 11.0. The van der Waals surface area contributed by atoms with Crippen molar-refractivity contribution < 1.29 is 18.7 Å². The molecule has 0 aromatic heterocycles. The molecule has 1 spiro atoms. The Morgan fingerprint density at radius 3 is 2.89 bits per heavy atom. The van der Waals surface area contributed by atoms with Crippen molar-refractivity contribution in [1.82, 2.24) is 10.6 Å². The Bertz CT molecular complexity index is 560. The lowest BCUT2D eigenvalue weighted by Crippen LogP contribution is -2.49. The fourth-order valence-corrected chi connectivity index (χ4v) is 2.56. The molecule has 18 heavy (non-hydrogen) atoms. The molecular formula is C12H11FN2O3. The van der Waals surface area contributed by atoms with Gasteiger partial charge in [0.15, 0.2) is 5.54 Å². The maximum Gasteiger partial charge on any atom is 0.322 e. The van der Waals surface area contributed by atoms with E-state index >= 15 is 0 Å². The minimum atomic E-state index is -1.22. The molecule has 1 fully saturated rings. The van der Waals surface area contributed by atoms with Crippen LogP contribution >= 0.6 is 0 Å². The van der Waals surface area contributed by atoms with E-state index in [2.05, 4.69) is 10.6 Å². The lowest BCUT2D eigenvalue weighted by Gasteiger charge is -2.36. The molecule has 2 atom stereocenters. The third-order valence-electron chi connectivity index (χ3n) is 3.26. The Kier molecular flexibility index (Phi) is 2.10. The molecule has 2 N–H and O–H groups in total. The van der Waals surface area contributed by atoms with Gasteiger partial charge in [-0.05, 0) is 25.1 Å². The Balaban J connectivity index is 2.20. The molecule has 0 radical (unpaired) electrons. The number of ether oxygens (including phenoxy) is 1. The van der Waals surface area contributed by atoms with Crippen LogP contribution in [0.1, 0.15) is 18.9 Å². The van der Waals surface area contributed by atoms with E-state index in [9.17, 15) is 14.0 Å². The number of carbonyl (C=O) groups is 2. The van der Waals surface area contributed by atoms with Crippen LogP contribution in [0.15, 0.2) is 18.2 Å². The molecule has 0 bridgehead atoms. The van der Waals surface area contributed by atoms with Gasteiger partial charge in [0.25, 0.3) is 5.91 Å². The van der Waals surface area contributed by atoms with E-state index in [1.807, 2.05) is 0 Å². The lowest BCUT2D eigenvalue weighted by atomic mass is 9.82. The third kappa shape index (κ3) is 1.38. The normalized spacial score (nSPS) is 29.6. The van der Waals surface area contributed by atoms with Crippen LogP contribution in [0.2, 0.25) is 0 Å². The summed E-state index contributed by atoms with van der Waals surface area (Å²) >= 11 is 0. The second-order valence-corrected chi connectivity index (χ2v) is 4.59. The number of nitrogens with one attached hydrogen (secondary N) is 2. The van der Waals surface area contributed by atoms with Gasteiger partial charge in [0.2, 0.25) is 0 Å². The number of halogens is 1. The number of rotatable bonds is 0. The fourth-order valence-electron chi connectivity index (χ4n) is 2.56. The van der Waals surface area contributed by atoms with Crippen molar-refractivity contribution in [3.05, 3.63) is 29.6 Å². The van der Waals surface area contributed by atoms with Crippen LogP contribution in [0.25, 0.3) is 0 Å². The average Bonchev–Trinajstić information content (AvgIpc) is 2.55. The van der Waals surface area contributed by atoms with E-state index in [4.69, 9.17) is 4.74 Å². The molecule has 5 nitrogen and oxygen atoms in total. The summed E-state index contributed by atoms with van der Waals surface area (Å²) in [5.74, 6) is -0.512. The molecule has 0 saturated carbocycles. The van der Waals surface area contributed by atoms with Crippen LogP contribution < -0.4 is 15.4 Å². The quantitative estimate of drug-likeness (QED) is 0.676. The largest absolute Gasteiger partial charge is 0.490 e. The highest BCUT2D eigenvalue weighted by molar-refractivity contribution is 6.07. The second kappa shape index (κ2) is 3.44. The van der Waals surface area contributed by atoms with Gasteiger partial charge in [0.05, 0.1) is 6.10 Å². The van der Waals surface area contributed by atoms with Crippen molar-refractivity contribution >= 4 is 11.9 Å².